The van der Waals surface area contributed by atoms with Crippen molar-refractivity contribution in [2.45, 2.75) is 6.04 Å². The number of imidazole rings is 1. The highest BCUT2D eigenvalue weighted by molar-refractivity contribution is 5.94. The van der Waals surface area contributed by atoms with Crippen LogP contribution in [0.5, 0.6) is 0 Å². The van der Waals surface area contributed by atoms with Gasteiger partial charge in [0, 0.05) is 44.6 Å². The summed E-state index contributed by atoms with van der Waals surface area (Å²) in [4.78, 5) is 18.8. The van der Waals surface area contributed by atoms with E-state index in [4.69, 9.17) is 0 Å². The van der Waals surface area contributed by atoms with Gasteiger partial charge in [-0.2, -0.15) is 0 Å². The lowest BCUT2D eigenvalue weighted by atomic mass is 10.1. The maximum Gasteiger partial charge on any atom is 0.254 e. The lowest BCUT2D eigenvalue weighted by Gasteiger charge is -2.35. The zero-order valence-corrected chi connectivity index (χ0v) is 11.8. The van der Waals surface area contributed by atoms with Crippen LogP contribution in [0.2, 0.25) is 0 Å². The van der Waals surface area contributed by atoms with Crippen LogP contribution in [0.4, 0.5) is 4.39 Å². The van der Waals surface area contributed by atoms with Crippen LogP contribution in [0, 0.1) is 5.82 Å². The van der Waals surface area contributed by atoms with Crippen molar-refractivity contribution in [2.24, 2.45) is 7.05 Å². The van der Waals surface area contributed by atoms with E-state index in [-0.39, 0.29) is 11.9 Å². The van der Waals surface area contributed by atoms with Crippen molar-refractivity contribution in [3.8, 4) is 0 Å². The molecule has 1 amide bonds. The van der Waals surface area contributed by atoms with Gasteiger partial charge in [-0.25, -0.2) is 9.37 Å². The Labute approximate surface area is 122 Å². The minimum Gasteiger partial charge on any atom is -0.336 e. The van der Waals surface area contributed by atoms with E-state index in [1.165, 1.54) is 12.1 Å². The third-order valence-corrected chi connectivity index (χ3v) is 3.73. The molecule has 1 saturated heterocycles. The van der Waals surface area contributed by atoms with Gasteiger partial charge in [-0.15, -0.1) is 0 Å². The summed E-state index contributed by atoms with van der Waals surface area (Å²) in [6, 6.07) is 5.67. The summed E-state index contributed by atoms with van der Waals surface area (Å²) in [7, 11) is 1.90. The Hall–Kier alpha value is -2.21. The quantitative estimate of drug-likeness (QED) is 0.907. The van der Waals surface area contributed by atoms with Crippen molar-refractivity contribution in [2.75, 3.05) is 19.6 Å². The zero-order chi connectivity index (χ0) is 14.8. The molecule has 1 aromatic carbocycles. The summed E-state index contributed by atoms with van der Waals surface area (Å²) in [6.07, 6.45) is 3.57. The SMILES string of the molecule is Cn1ccnc1C1CNCCN1C(=O)c1cccc(F)c1. The Kier molecular flexibility index (Phi) is 3.70. The Morgan fingerprint density at radius 1 is 1.48 bits per heavy atom. The first kappa shape index (κ1) is 13.8. The predicted octanol–water partition coefficient (Wildman–Crippen LogP) is 1.35. The molecule has 2 heterocycles. The molecule has 0 aliphatic carbocycles. The van der Waals surface area contributed by atoms with Gasteiger partial charge in [0.1, 0.15) is 17.7 Å². The first-order valence-electron chi connectivity index (χ1n) is 6.91. The van der Waals surface area contributed by atoms with Gasteiger partial charge in [0.05, 0.1) is 0 Å². The molecular formula is C15H17FN4O. The van der Waals surface area contributed by atoms with Crippen LogP contribution in [0.1, 0.15) is 22.2 Å². The number of hydrogen-bond acceptors (Lipinski definition) is 3. The molecule has 0 radical (unpaired) electrons. The van der Waals surface area contributed by atoms with Crippen LogP contribution >= 0.6 is 0 Å². The molecule has 1 atom stereocenters. The van der Waals surface area contributed by atoms with Gasteiger partial charge in [-0.3, -0.25) is 4.79 Å². The zero-order valence-electron chi connectivity index (χ0n) is 11.8. The minimum absolute atomic E-state index is 0.144. The Bertz CT molecular complexity index is 655. The molecule has 1 aliphatic rings. The number of halogens is 1. The van der Waals surface area contributed by atoms with Crippen LogP contribution < -0.4 is 5.32 Å². The molecule has 1 unspecified atom stereocenters. The van der Waals surface area contributed by atoms with Gasteiger partial charge < -0.3 is 14.8 Å². The molecule has 2 aromatic rings. The Morgan fingerprint density at radius 3 is 3.05 bits per heavy atom. The van der Waals surface area contributed by atoms with E-state index in [1.54, 1.807) is 23.2 Å². The largest absolute Gasteiger partial charge is 0.336 e. The van der Waals surface area contributed by atoms with Crippen molar-refractivity contribution in [1.29, 1.82) is 0 Å². The number of aromatic nitrogens is 2. The first-order valence-corrected chi connectivity index (χ1v) is 6.91. The molecule has 21 heavy (non-hydrogen) atoms. The van der Waals surface area contributed by atoms with Crippen molar-refractivity contribution in [1.82, 2.24) is 19.8 Å². The van der Waals surface area contributed by atoms with Gasteiger partial charge in [-0.1, -0.05) is 6.07 Å². The minimum atomic E-state index is -0.399. The number of benzene rings is 1. The Morgan fingerprint density at radius 2 is 2.33 bits per heavy atom. The molecule has 1 aromatic heterocycles. The average molecular weight is 288 g/mol. The van der Waals surface area contributed by atoms with E-state index >= 15 is 0 Å². The Balaban J connectivity index is 1.91. The molecule has 110 valence electrons. The highest BCUT2D eigenvalue weighted by atomic mass is 19.1. The third kappa shape index (κ3) is 2.67. The topological polar surface area (TPSA) is 50.2 Å². The van der Waals surface area contributed by atoms with Gasteiger partial charge in [0.25, 0.3) is 5.91 Å². The summed E-state index contributed by atoms with van der Waals surface area (Å²) in [5.74, 6) is 0.264. The smallest absolute Gasteiger partial charge is 0.254 e. The van der Waals surface area contributed by atoms with Gasteiger partial charge in [0.15, 0.2) is 0 Å². The van der Waals surface area contributed by atoms with E-state index in [1.807, 2.05) is 17.8 Å². The van der Waals surface area contributed by atoms with Crippen LogP contribution in [0.3, 0.4) is 0 Å². The van der Waals surface area contributed by atoms with Crippen molar-refractivity contribution in [3.05, 3.63) is 53.9 Å². The molecular weight excluding hydrogens is 271 g/mol. The molecule has 0 spiro atoms. The normalized spacial score (nSPS) is 18.8. The first-order chi connectivity index (χ1) is 10.2. The number of aryl methyl sites for hydroxylation is 1. The van der Waals surface area contributed by atoms with Crippen LogP contribution in [0.15, 0.2) is 36.7 Å². The summed E-state index contributed by atoms with van der Waals surface area (Å²) in [6.45, 7) is 1.95. The van der Waals surface area contributed by atoms with Gasteiger partial charge in [-0.05, 0) is 18.2 Å². The van der Waals surface area contributed by atoms with E-state index in [0.717, 1.165) is 12.4 Å². The molecule has 6 heteroatoms. The molecule has 0 bridgehead atoms. The number of nitrogens with zero attached hydrogens (tertiary/aromatic N) is 3. The fourth-order valence-corrected chi connectivity index (χ4v) is 2.66. The van der Waals surface area contributed by atoms with Crippen LogP contribution in [-0.2, 0) is 7.05 Å². The summed E-state index contributed by atoms with van der Waals surface area (Å²) >= 11 is 0. The summed E-state index contributed by atoms with van der Waals surface area (Å²) < 4.78 is 15.2. The fraction of sp³-hybridized carbons (Fsp3) is 0.333. The lowest BCUT2D eigenvalue weighted by Crippen LogP contribution is -2.49. The van der Waals surface area contributed by atoms with E-state index in [9.17, 15) is 9.18 Å². The number of rotatable bonds is 2. The summed E-state index contributed by atoms with van der Waals surface area (Å²) in [5.41, 5.74) is 0.371. The van der Waals surface area contributed by atoms with E-state index < -0.39 is 5.82 Å². The predicted molar refractivity (Wildman–Crippen MR) is 76.3 cm³/mol. The highest BCUT2D eigenvalue weighted by Crippen LogP contribution is 2.22. The van der Waals surface area contributed by atoms with Crippen LogP contribution in [-0.4, -0.2) is 40.0 Å². The maximum atomic E-state index is 13.3. The molecule has 1 N–H and O–H groups in total. The molecule has 3 rings (SSSR count). The van der Waals surface area contributed by atoms with Crippen molar-refractivity contribution >= 4 is 5.91 Å². The van der Waals surface area contributed by atoms with Crippen molar-refractivity contribution < 1.29 is 9.18 Å². The van der Waals surface area contributed by atoms with Crippen LogP contribution in [0.25, 0.3) is 0 Å². The average Bonchev–Trinajstić information content (AvgIpc) is 2.92. The third-order valence-electron chi connectivity index (χ3n) is 3.73. The number of carbonyl (C=O) groups excluding carboxylic acids is 1. The summed E-state index contributed by atoms with van der Waals surface area (Å²) in [5, 5.41) is 3.28. The molecule has 1 fully saturated rings. The van der Waals surface area contributed by atoms with E-state index in [2.05, 4.69) is 10.3 Å². The number of hydrogen-bond donors (Lipinski definition) is 1. The standard InChI is InChI=1S/C15H17FN4O/c1-19-7-6-18-14(19)13-10-17-5-8-20(13)15(21)11-3-2-4-12(16)9-11/h2-4,6-7,9,13,17H,5,8,10H2,1H3. The fourth-order valence-electron chi connectivity index (χ4n) is 2.66. The maximum absolute atomic E-state index is 13.3. The number of nitrogens with one attached hydrogen (secondary N) is 1. The number of carbonyl (C=O) groups is 1. The van der Waals surface area contributed by atoms with Crippen molar-refractivity contribution in [3.63, 3.8) is 0 Å². The second-order valence-corrected chi connectivity index (χ2v) is 5.13. The number of amides is 1. The molecule has 0 saturated carbocycles. The second-order valence-electron chi connectivity index (χ2n) is 5.13. The highest BCUT2D eigenvalue weighted by Gasteiger charge is 2.31. The van der Waals surface area contributed by atoms with E-state index in [0.29, 0.717) is 18.7 Å². The molecule has 5 nitrogen and oxygen atoms in total. The monoisotopic (exact) mass is 288 g/mol. The second kappa shape index (κ2) is 5.65. The molecule has 1 aliphatic heterocycles. The van der Waals surface area contributed by atoms with Gasteiger partial charge in [0.2, 0.25) is 0 Å². The lowest BCUT2D eigenvalue weighted by molar-refractivity contribution is 0.0620. The number of piperazine rings is 1. The van der Waals surface area contributed by atoms with Gasteiger partial charge >= 0.3 is 0 Å².